The number of hydrogen-bond donors (Lipinski definition) is 0. The first-order chi connectivity index (χ1) is 12.5. The van der Waals surface area contributed by atoms with Crippen molar-refractivity contribution in [1.29, 1.82) is 0 Å². The first-order valence-electron chi connectivity index (χ1n) is 8.26. The quantitative estimate of drug-likeness (QED) is 0.256. The molecule has 0 fully saturated rings. The third kappa shape index (κ3) is 7.89. The molecule has 8 nitrogen and oxygen atoms in total. The molecule has 0 radical (unpaired) electrons. The molecule has 0 unspecified atom stereocenters. The molecule has 0 aromatic heterocycles. The van der Waals surface area contributed by atoms with Gasteiger partial charge in [0.2, 0.25) is 6.54 Å². The van der Waals surface area contributed by atoms with Crippen molar-refractivity contribution in [1.82, 2.24) is 0 Å². The number of nitro groups is 1. The van der Waals surface area contributed by atoms with E-state index in [0.29, 0.717) is 0 Å². The van der Waals surface area contributed by atoms with E-state index in [4.69, 9.17) is 14.2 Å². The number of rotatable bonds is 11. The van der Waals surface area contributed by atoms with Crippen molar-refractivity contribution < 1.29 is 28.7 Å². The maximum Gasteiger partial charge on any atom is 0.330 e. The van der Waals surface area contributed by atoms with Gasteiger partial charge in [-0.05, 0) is 25.5 Å². The molecule has 1 rings (SSSR count). The lowest BCUT2D eigenvalue weighted by Gasteiger charge is -2.20. The van der Waals surface area contributed by atoms with E-state index in [-0.39, 0.29) is 19.8 Å². The molecular weight excluding hydrogens is 342 g/mol. The molecule has 8 heteroatoms. The van der Waals surface area contributed by atoms with E-state index >= 15 is 0 Å². The molecule has 0 bridgehead atoms. The van der Waals surface area contributed by atoms with Gasteiger partial charge in [0, 0.05) is 11.0 Å². The van der Waals surface area contributed by atoms with Crippen LogP contribution in [-0.4, -0.2) is 42.7 Å². The number of hydrogen-bond acceptors (Lipinski definition) is 7. The summed E-state index contributed by atoms with van der Waals surface area (Å²) in [6, 6.07) is 9.12. The first kappa shape index (κ1) is 21.3. The van der Waals surface area contributed by atoms with Crippen molar-refractivity contribution in [3.05, 3.63) is 58.2 Å². The Balaban J connectivity index is 2.98. The van der Waals surface area contributed by atoms with Crippen molar-refractivity contribution >= 4 is 11.9 Å². The fourth-order valence-electron chi connectivity index (χ4n) is 2.16. The van der Waals surface area contributed by atoms with Crippen LogP contribution in [0.25, 0.3) is 0 Å². The number of carbonyl (C=O) groups excluding carboxylic acids is 2. The largest absolute Gasteiger partial charge is 0.466 e. The molecule has 0 spiro atoms. The topological polar surface area (TPSA) is 105 Å². The Labute approximate surface area is 151 Å². The van der Waals surface area contributed by atoms with E-state index < -0.39 is 35.4 Å². The highest BCUT2D eigenvalue weighted by atomic mass is 16.6. The molecule has 0 aliphatic heterocycles. The van der Waals surface area contributed by atoms with Crippen molar-refractivity contribution in [2.75, 3.05) is 19.8 Å². The van der Waals surface area contributed by atoms with Gasteiger partial charge in [-0.3, -0.25) is 14.9 Å². The second-order valence-electron chi connectivity index (χ2n) is 5.25. The Morgan fingerprint density at radius 1 is 1.15 bits per heavy atom. The van der Waals surface area contributed by atoms with Crippen molar-refractivity contribution in [3.8, 4) is 0 Å². The van der Waals surface area contributed by atoms with Gasteiger partial charge in [-0.2, -0.15) is 0 Å². The van der Waals surface area contributed by atoms with Gasteiger partial charge in [0.15, 0.2) is 5.92 Å². The molecule has 142 valence electrons. The van der Waals surface area contributed by atoms with E-state index in [1.807, 2.05) is 30.3 Å². The van der Waals surface area contributed by atoms with E-state index in [0.717, 1.165) is 11.6 Å². The molecular formula is C18H23NO7. The molecule has 0 aliphatic rings. The predicted octanol–water partition coefficient (Wildman–Crippen LogP) is 2.15. The highest BCUT2D eigenvalue weighted by molar-refractivity contribution is 5.82. The van der Waals surface area contributed by atoms with Gasteiger partial charge in [-0.25, -0.2) is 4.79 Å². The highest BCUT2D eigenvalue weighted by Crippen LogP contribution is 2.16. The van der Waals surface area contributed by atoms with Crippen LogP contribution in [0.1, 0.15) is 19.4 Å². The second kappa shape index (κ2) is 11.8. The lowest BCUT2D eigenvalue weighted by Crippen LogP contribution is -2.36. The van der Waals surface area contributed by atoms with Crippen molar-refractivity contribution in [2.24, 2.45) is 5.92 Å². The monoisotopic (exact) mass is 365 g/mol. The zero-order valence-electron chi connectivity index (χ0n) is 14.8. The summed E-state index contributed by atoms with van der Waals surface area (Å²) in [4.78, 5) is 34.0. The van der Waals surface area contributed by atoms with Gasteiger partial charge in [-0.15, -0.1) is 0 Å². The molecule has 0 saturated heterocycles. The normalized spacial score (nSPS) is 13.2. The number of benzene rings is 1. The Morgan fingerprint density at radius 2 is 1.81 bits per heavy atom. The molecule has 0 heterocycles. The zero-order valence-corrected chi connectivity index (χ0v) is 14.8. The van der Waals surface area contributed by atoms with Crippen molar-refractivity contribution in [2.45, 2.75) is 26.6 Å². The van der Waals surface area contributed by atoms with E-state index in [9.17, 15) is 19.7 Å². The first-order valence-corrected chi connectivity index (χ1v) is 8.26. The van der Waals surface area contributed by atoms with Crippen LogP contribution in [0.3, 0.4) is 0 Å². The number of carbonyl (C=O) groups is 2. The minimum absolute atomic E-state index is 0.0834. The lowest BCUT2D eigenvalue weighted by molar-refractivity contribution is -0.488. The summed E-state index contributed by atoms with van der Waals surface area (Å²) in [5, 5.41) is 11.0. The maximum absolute atomic E-state index is 12.1. The fourth-order valence-corrected chi connectivity index (χ4v) is 2.16. The highest BCUT2D eigenvalue weighted by Gasteiger charge is 2.34. The zero-order chi connectivity index (χ0) is 19.4. The molecule has 2 atom stereocenters. The van der Waals surface area contributed by atoms with Crippen LogP contribution in [0.4, 0.5) is 0 Å². The minimum atomic E-state index is -1.18. The predicted molar refractivity (Wildman–Crippen MR) is 92.8 cm³/mol. The lowest BCUT2D eigenvalue weighted by atomic mass is 10.0. The summed E-state index contributed by atoms with van der Waals surface area (Å²) >= 11 is 0. The second-order valence-corrected chi connectivity index (χ2v) is 5.25. The third-order valence-electron chi connectivity index (χ3n) is 3.33. The van der Waals surface area contributed by atoms with Crippen LogP contribution < -0.4 is 0 Å². The number of nitrogens with zero attached hydrogens (tertiary/aromatic N) is 1. The molecule has 1 aromatic carbocycles. The molecule has 0 amide bonds. The van der Waals surface area contributed by atoms with E-state index in [2.05, 4.69) is 0 Å². The Hall–Kier alpha value is -2.74. The molecule has 26 heavy (non-hydrogen) atoms. The van der Waals surface area contributed by atoms with Crippen LogP contribution >= 0.6 is 0 Å². The third-order valence-corrected chi connectivity index (χ3v) is 3.33. The van der Waals surface area contributed by atoms with Gasteiger partial charge in [0.25, 0.3) is 0 Å². The van der Waals surface area contributed by atoms with E-state index in [1.165, 1.54) is 6.08 Å². The average molecular weight is 365 g/mol. The van der Waals surface area contributed by atoms with Gasteiger partial charge < -0.3 is 14.2 Å². The van der Waals surface area contributed by atoms with Crippen LogP contribution in [0, 0.1) is 16.0 Å². The van der Waals surface area contributed by atoms with E-state index in [1.54, 1.807) is 13.8 Å². The summed E-state index contributed by atoms with van der Waals surface area (Å²) in [5.74, 6) is -2.56. The smallest absolute Gasteiger partial charge is 0.330 e. The van der Waals surface area contributed by atoms with Gasteiger partial charge in [0.1, 0.15) is 0 Å². The van der Waals surface area contributed by atoms with Crippen LogP contribution in [0.5, 0.6) is 0 Å². The SMILES string of the molecule is CCOC(=O)/C=C/[C@@H](OCc1ccccc1)[C@H](C[N+](=O)[O-])C(=O)OCC. The summed E-state index contributed by atoms with van der Waals surface area (Å²) in [6.45, 7) is 2.98. The van der Waals surface area contributed by atoms with Gasteiger partial charge in [-0.1, -0.05) is 30.3 Å². The standard InChI is InChI=1S/C18H23NO7/c1-3-24-17(20)11-10-16(26-13-14-8-6-5-7-9-14)15(12-19(22)23)18(21)25-4-2/h5-11,15-16H,3-4,12-13H2,1-2H3/b11-10+/t15-,16+/m0/s1. The van der Waals surface area contributed by atoms with Crippen LogP contribution in [0.15, 0.2) is 42.5 Å². The average Bonchev–Trinajstić information content (AvgIpc) is 2.61. The van der Waals surface area contributed by atoms with Crippen molar-refractivity contribution in [3.63, 3.8) is 0 Å². The molecule has 1 aromatic rings. The summed E-state index contributed by atoms with van der Waals surface area (Å²) in [6.07, 6.45) is 1.39. The minimum Gasteiger partial charge on any atom is -0.466 e. The fraction of sp³-hybridized carbons (Fsp3) is 0.444. The summed E-state index contributed by atoms with van der Waals surface area (Å²) in [5.41, 5.74) is 0.825. The van der Waals surface area contributed by atoms with Crippen LogP contribution in [-0.2, 0) is 30.4 Å². The molecule has 0 saturated carbocycles. The number of ether oxygens (including phenoxy) is 3. The van der Waals surface area contributed by atoms with Gasteiger partial charge in [0.05, 0.1) is 25.9 Å². The Morgan fingerprint density at radius 3 is 2.38 bits per heavy atom. The maximum atomic E-state index is 12.1. The molecule has 0 aliphatic carbocycles. The van der Waals surface area contributed by atoms with Gasteiger partial charge >= 0.3 is 11.9 Å². The Bertz CT molecular complexity index is 615. The summed E-state index contributed by atoms with van der Waals surface area (Å²) in [7, 11) is 0. The van der Waals surface area contributed by atoms with Crippen LogP contribution in [0.2, 0.25) is 0 Å². The summed E-state index contributed by atoms with van der Waals surface area (Å²) < 4.78 is 15.4. The molecule has 0 N–H and O–H groups in total. The Kier molecular flexibility index (Phi) is 9.63. The number of esters is 2.